The quantitative estimate of drug-likeness (QED) is 0.204. The normalized spacial score (nSPS) is 12.1. The Kier molecular flexibility index (Phi) is 11.9. The molecule has 0 aromatic heterocycles. The van der Waals surface area contributed by atoms with Gasteiger partial charge in [0.1, 0.15) is 5.75 Å². The molecule has 0 saturated carbocycles. The molecule has 1 atom stereocenters. The number of carbonyl (C=O) groups excluding carboxylic acids is 1. The molecule has 0 bridgehead atoms. The van der Waals surface area contributed by atoms with Crippen LogP contribution in [-0.4, -0.2) is 72.7 Å². The van der Waals surface area contributed by atoms with Crippen LogP contribution >= 0.6 is 0 Å². The van der Waals surface area contributed by atoms with Crippen LogP contribution in [0.15, 0.2) is 72.8 Å². The van der Waals surface area contributed by atoms with E-state index in [1.165, 1.54) is 11.0 Å². The minimum absolute atomic E-state index is 0.0121. The minimum atomic E-state index is -3.91. The molecular formula is C31H38N2O8S. The molecule has 0 aliphatic carbocycles. The summed E-state index contributed by atoms with van der Waals surface area (Å²) in [6.07, 6.45) is -1.58. The van der Waals surface area contributed by atoms with E-state index >= 15 is 0 Å². The summed E-state index contributed by atoms with van der Waals surface area (Å²) in [5, 5.41) is 29.0. The summed E-state index contributed by atoms with van der Waals surface area (Å²) in [7, 11) is -3.91. The number of aliphatic hydroxyl groups excluding tert-OH is 2. The van der Waals surface area contributed by atoms with Gasteiger partial charge in [-0.3, -0.25) is 4.79 Å². The largest absolute Gasteiger partial charge is 0.492 e. The standard InChI is InChI=1S/C31H38N2O8S/c1-22(2)21-41-29-19-26(13-14-27(29)30(36)32-42(39,40)18-6-17-34)24-11-9-23(10-12-24)15-16-33(31(37)38)20-28(35)25-7-4-3-5-8-25/h3-5,7-14,19,22,28,34-35H,6,15-18,20-21H2,1-2H3,(H,32,36)(H,37,38)/t28-/m1/s1. The van der Waals surface area contributed by atoms with Crippen molar-refractivity contribution in [2.75, 3.05) is 32.1 Å². The zero-order chi connectivity index (χ0) is 30.7. The van der Waals surface area contributed by atoms with Crippen molar-refractivity contribution in [3.05, 3.63) is 89.5 Å². The summed E-state index contributed by atoms with van der Waals surface area (Å²) in [4.78, 5) is 25.8. The zero-order valence-corrected chi connectivity index (χ0v) is 24.6. The van der Waals surface area contributed by atoms with Crippen molar-refractivity contribution in [2.45, 2.75) is 32.8 Å². The Hall–Kier alpha value is -3.93. The van der Waals surface area contributed by atoms with Crippen molar-refractivity contribution in [3.8, 4) is 16.9 Å². The molecule has 0 aliphatic heterocycles. The summed E-state index contributed by atoms with van der Waals surface area (Å²) < 4.78 is 32.3. The lowest BCUT2D eigenvalue weighted by atomic mass is 10.0. The van der Waals surface area contributed by atoms with Gasteiger partial charge < -0.3 is 25.0 Å². The molecule has 0 heterocycles. The number of ether oxygens (including phenoxy) is 1. The van der Waals surface area contributed by atoms with Crippen LogP contribution in [0.25, 0.3) is 11.1 Å². The van der Waals surface area contributed by atoms with Crippen LogP contribution in [0.4, 0.5) is 4.79 Å². The molecule has 0 spiro atoms. The summed E-state index contributed by atoms with van der Waals surface area (Å²) in [5.41, 5.74) is 3.20. The highest BCUT2D eigenvalue weighted by Crippen LogP contribution is 2.29. The molecule has 0 radical (unpaired) electrons. The van der Waals surface area contributed by atoms with Gasteiger partial charge in [0.2, 0.25) is 10.0 Å². The van der Waals surface area contributed by atoms with E-state index in [1.807, 2.05) is 48.9 Å². The first-order valence-electron chi connectivity index (χ1n) is 13.7. The summed E-state index contributed by atoms with van der Waals surface area (Å²) in [6.45, 7) is 4.08. The van der Waals surface area contributed by atoms with Gasteiger partial charge in [-0.15, -0.1) is 0 Å². The third-order valence-corrected chi connectivity index (χ3v) is 7.75. The first-order chi connectivity index (χ1) is 20.0. The lowest BCUT2D eigenvalue weighted by molar-refractivity contribution is 0.0971. The highest BCUT2D eigenvalue weighted by atomic mass is 32.2. The Balaban J connectivity index is 1.72. The molecule has 0 saturated heterocycles. The molecule has 10 nitrogen and oxygen atoms in total. The van der Waals surface area contributed by atoms with Crippen molar-refractivity contribution in [1.29, 1.82) is 0 Å². The van der Waals surface area contributed by atoms with E-state index in [9.17, 15) is 28.2 Å². The van der Waals surface area contributed by atoms with Crippen molar-refractivity contribution >= 4 is 22.0 Å². The fourth-order valence-electron chi connectivity index (χ4n) is 4.15. The number of aliphatic hydroxyl groups is 2. The van der Waals surface area contributed by atoms with Gasteiger partial charge in [-0.05, 0) is 53.1 Å². The first kappa shape index (κ1) is 32.6. The number of nitrogens with zero attached hydrogens (tertiary/aromatic N) is 1. The second-order valence-corrected chi connectivity index (χ2v) is 12.2. The van der Waals surface area contributed by atoms with E-state index < -0.39 is 28.1 Å². The van der Waals surface area contributed by atoms with E-state index in [0.29, 0.717) is 18.6 Å². The van der Waals surface area contributed by atoms with Crippen molar-refractivity contribution < 1.29 is 38.1 Å². The third kappa shape index (κ3) is 9.86. The molecule has 4 N–H and O–H groups in total. The number of carbonyl (C=O) groups is 2. The predicted molar refractivity (Wildman–Crippen MR) is 160 cm³/mol. The van der Waals surface area contributed by atoms with Gasteiger partial charge in [0, 0.05) is 13.2 Å². The van der Waals surface area contributed by atoms with Crippen LogP contribution < -0.4 is 9.46 Å². The Morgan fingerprint density at radius 2 is 1.64 bits per heavy atom. The number of hydrogen-bond donors (Lipinski definition) is 4. The average molecular weight is 599 g/mol. The smallest absolute Gasteiger partial charge is 0.407 e. The first-order valence-corrected chi connectivity index (χ1v) is 15.4. The van der Waals surface area contributed by atoms with E-state index in [1.54, 1.807) is 36.4 Å². The van der Waals surface area contributed by atoms with Crippen molar-refractivity contribution in [1.82, 2.24) is 9.62 Å². The van der Waals surface area contributed by atoms with Crippen LogP contribution in [0.1, 0.15) is 47.9 Å². The number of hydrogen-bond acceptors (Lipinski definition) is 7. The van der Waals surface area contributed by atoms with Crippen molar-refractivity contribution in [2.24, 2.45) is 5.92 Å². The van der Waals surface area contributed by atoms with Gasteiger partial charge in [-0.25, -0.2) is 17.9 Å². The van der Waals surface area contributed by atoms with Crippen molar-refractivity contribution in [3.63, 3.8) is 0 Å². The van der Waals surface area contributed by atoms with E-state index in [4.69, 9.17) is 9.84 Å². The maximum atomic E-state index is 12.8. The molecule has 2 amide bonds. The second kappa shape index (κ2) is 15.3. The molecule has 0 fully saturated rings. The van der Waals surface area contributed by atoms with Crippen LogP contribution in [0, 0.1) is 5.92 Å². The highest BCUT2D eigenvalue weighted by molar-refractivity contribution is 7.90. The number of sulfonamides is 1. The molecule has 42 heavy (non-hydrogen) atoms. The second-order valence-electron chi connectivity index (χ2n) is 10.3. The zero-order valence-electron chi connectivity index (χ0n) is 23.8. The van der Waals surface area contributed by atoms with E-state index in [-0.39, 0.29) is 49.1 Å². The maximum absolute atomic E-state index is 12.8. The number of benzene rings is 3. The van der Waals surface area contributed by atoms with Gasteiger partial charge in [0.25, 0.3) is 5.91 Å². The topological polar surface area (TPSA) is 153 Å². The SMILES string of the molecule is CC(C)COc1cc(-c2ccc(CCN(C[C@@H](O)c3ccccc3)C(=O)O)cc2)ccc1C(=O)NS(=O)(=O)CCCO. The third-order valence-electron chi connectivity index (χ3n) is 6.42. The number of amides is 2. The van der Waals surface area contributed by atoms with Gasteiger partial charge in [0.05, 0.1) is 30.6 Å². The number of nitrogens with one attached hydrogen (secondary N) is 1. The molecule has 3 rings (SSSR count). The van der Waals surface area contributed by atoms with E-state index in [2.05, 4.69) is 0 Å². The molecule has 226 valence electrons. The molecule has 11 heteroatoms. The van der Waals surface area contributed by atoms with E-state index in [0.717, 1.165) is 16.7 Å². The maximum Gasteiger partial charge on any atom is 0.407 e. The molecule has 0 aliphatic rings. The summed E-state index contributed by atoms with van der Waals surface area (Å²) in [6, 6.07) is 21.3. The van der Waals surface area contributed by atoms with Crippen LogP contribution in [0.2, 0.25) is 0 Å². The lowest BCUT2D eigenvalue weighted by Gasteiger charge is -2.22. The van der Waals surface area contributed by atoms with Gasteiger partial charge in [-0.2, -0.15) is 0 Å². The van der Waals surface area contributed by atoms with Crippen LogP contribution in [-0.2, 0) is 16.4 Å². The number of carboxylic acid groups (broad SMARTS) is 1. The Morgan fingerprint density at radius 1 is 0.976 bits per heavy atom. The van der Waals surface area contributed by atoms with Crippen LogP contribution in [0.5, 0.6) is 5.75 Å². The molecular weight excluding hydrogens is 560 g/mol. The summed E-state index contributed by atoms with van der Waals surface area (Å²) in [5.74, 6) is -0.779. The highest BCUT2D eigenvalue weighted by Gasteiger charge is 2.21. The summed E-state index contributed by atoms with van der Waals surface area (Å²) >= 11 is 0. The van der Waals surface area contributed by atoms with Crippen LogP contribution in [0.3, 0.4) is 0 Å². The fourth-order valence-corrected chi connectivity index (χ4v) is 5.15. The Labute approximate surface area is 246 Å². The Bertz CT molecular complexity index is 1430. The average Bonchev–Trinajstić information content (AvgIpc) is 2.97. The predicted octanol–water partition coefficient (Wildman–Crippen LogP) is 4.09. The molecule has 0 unspecified atom stereocenters. The lowest BCUT2D eigenvalue weighted by Crippen LogP contribution is -2.35. The Morgan fingerprint density at radius 3 is 2.26 bits per heavy atom. The monoisotopic (exact) mass is 598 g/mol. The minimum Gasteiger partial charge on any atom is -0.492 e. The fraction of sp³-hybridized carbons (Fsp3) is 0.355. The van der Waals surface area contributed by atoms with Gasteiger partial charge >= 0.3 is 6.09 Å². The molecule has 3 aromatic rings. The van der Waals surface area contributed by atoms with Gasteiger partial charge in [-0.1, -0.05) is 74.5 Å². The van der Waals surface area contributed by atoms with Gasteiger partial charge in [0.15, 0.2) is 0 Å². The molecule has 3 aromatic carbocycles. The number of rotatable bonds is 15.